The van der Waals surface area contributed by atoms with Crippen LogP contribution in [0.25, 0.3) is 0 Å². The number of carbonyl (C=O) groups is 1. The van der Waals surface area contributed by atoms with Gasteiger partial charge in [0.15, 0.2) is 11.5 Å². The van der Waals surface area contributed by atoms with E-state index in [0.29, 0.717) is 22.8 Å². The summed E-state index contributed by atoms with van der Waals surface area (Å²) in [6.07, 6.45) is -0.772. The fourth-order valence-corrected chi connectivity index (χ4v) is 2.20. The number of carbonyl (C=O) groups excluding carboxylic acids is 1. The highest BCUT2D eigenvalue weighted by molar-refractivity contribution is 6.01. The summed E-state index contributed by atoms with van der Waals surface area (Å²) in [6, 6.07) is 13.9. The molecule has 0 aliphatic carbocycles. The van der Waals surface area contributed by atoms with Crippen LogP contribution in [0.4, 0.5) is 0 Å². The third-order valence-electron chi connectivity index (χ3n) is 3.43. The molecule has 0 saturated carbocycles. The Morgan fingerprint density at radius 2 is 1.87 bits per heavy atom. The monoisotopic (exact) mass is 312 g/mol. The van der Waals surface area contributed by atoms with Gasteiger partial charge in [0.1, 0.15) is 12.4 Å². The summed E-state index contributed by atoms with van der Waals surface area (Å²) in [4.78, 5) is 12.1. The van der Waals surface area contributed by atoms with Crippen molar-refractivity contribution in [1.29, 1.82) is 0 Å². The Balaban J connectivity index is 1.66. The van der Waals surface area contributed by atoms with Crippen LogP contribution in [0.15, 0.2) is 53.6 Å². The van der Waals surface area contributed by atoms with E-state index in [-0.39, 0.29) is 12.4 Å². The average Bonchev–Trinajstić information content (AvgIpc) is 2.59. The number of ether oxygens (including phenoxy) is 2. The summed E-state index contributed by atoms with van der Waals surface area (Å²) >= 11 is 0. The van der Waals surface area contributed by atoms with Crippen molar-refractivity contribution in [2.24, 2.45) is 5.10 Å². The number of hydrogen-bond donors (Lipinski definition) is 2. The number of benzene rings is 2. The van der Waals surface area contributed by atoms with Gasteiger partial charge in [-0.15, -0.1) is 0 Å². The minimum absolute atomic E-state index is 0.106. The van der Waals surface area contributed by atoms with Gasteiger partial charge in [-0.1, -0.05) is 24.3 Å². The second-order valence-electron chi connectivity index (χ2n) is 5.05. The molecule has 0 fully saturated rings. The second-order valence-corrected chi connectivity index (χ2v) is 5.05. The molecule has 1 atom stereocenters. The fourth-order valence-electron chi connectivity index (χ4n) is 2.20. The van der Waals surface area contributed by atoms with Gasteiger partial charge < -0.3 is 14.6 Å². The molecule has 2 N–H and O–H groups in total. The minimum atomic E-state index is -0.772. The highest BCUT2D eigenvalue weighted by atomic mass is 16.6. The van der Waals surface area contributed by atoms with Crippen LogP contribution >= 0.6 is 0 Å². The van der Waals surface area contributed by atoms with Gasteiger partial charge in [0.25, 0.3) is 5.91 Å². The lowest BCUT2D eigenvalue weighted by molar-refractivity contribution is -0.130. The van der Waals surface area contributed by atoms with E-state index in [0.717, 1.165) is 0 Å². The normalized spacial score (nSPS) is 16.7. The lowest BCUT2D eigenvalue weighted by Crippen LogP contribution is -2.42. The van der Waals surface area contributed by atoms with Crippen molar-refractivity contribution >= 4 is 11.6 Å². The number of phenolic OH excluding ortho intramolecular Hbond substituents is 1. The number of hydrazone groups is 1. The Kier molecular flexibility index (Phi) is 4.14. The van der Waals surface area contributed by atoms with Crippen LogP contribution in [0, 0.1) is 0 Å². The zero-order valence-corrected chi connectivity index (χ0v) is 12.5. The fraction of sp³-hybridized carbons (Fsp3) is 0.176. The number of rotatable bonds is 3. The largest absolute Gasteiger partial charge is 0.507 e. The van der Waals surface area contributed by atoms with Crippen LogP contribution < -0.4 is 14.9 Å². The number of nitrogens with one attached hydrogen (secondary N) is 1. The summed E-state index contributed by atoms with van der Waals surface area (Å²) in [7, 11) is 0. The molecule has 0 bridgehead atoms. The van der Waals surface area contributed by atoms with E-state index in [9.17, 15) is 9.90 Å². The maximum atomic E-state index is 12.1. The first-order chi connectivity index (χ1) is 11.1. The molecule has 6 nitrogen and oxygen atoms in total. The Hall–Kier alpha value is -3.02. The third-order valence-corrected chi connectivity index (χ3v) is 3.43. The predicted octanol–water partition coefficient (Wildman–Crippen LogP) is 2.07. The standard InChI is InChI=1S/C17H16N2O4/c1-11(12-6-2-3-7-13(12)20)18-19-17(21)16-10-22-14-8-4-5-9-15(14)23-16/h2-9,16,20H,10H2,1H3,(H,19,21)/b18-11-. The molecule has 0 spiro atoms. The number of amides is 1. The summed E-state index contributed by atoms with van der Waals surface area (Å²) < 4.78 is 11.1. The number of nitrogens with zero attached hydrogens (tertiary/aromatic N) is 1. The highest BCUT2D eigenvalue weighted by Crippen LogP contribution is 2.30. The van der Waals surface area contributed by atoms with Crippen LogP contribution in [-0.2, 0) is 4.79 Å². The van der Waals surface area contributed by atoms with Crippen molar-refractivity contribution in [2.75, 3.05) is 6.61 Å². The van der Waals surface area contributed by atoms with Gasteiger partial charge >= 0.3 is 0 Å². The SMILES string of the molecule is C/C(=N/NC(=O)C1COc2ccccc2O1)c1ccccc1O. The molecular weight excluding hydrogens is 296 g/mol. The first-order valence-electron chi connectivity index (χ1n) is 7.16. The van der Waals surface area contributed by atoms with E-state index in [1.54, 1.807) is 43.3 Å². The molecule has 6 heteroatoms. The molecule has 0 radical (unpaired) electrons. The van der Waals surface area contributed by atoms with Crippen LogP contribution in [0.5, 0.6) is 17.2 Å². The second kappa shape index (κ2) is 6.39. The Bertz CT molecular complexity index is 758. The van der Waals surface area contributed by atoms with Gasteiger partial charge in [-0.3, -0.25) is 4.79 Å². The van der Waals surface area contributed by atoms with Crippen molar-refractivity contribution in [1.82, 2.24) is 5.43 Å². The molecule has 2 aromatic rings. The van der Waals surface area contributed by atoms with Crippen LogP contribution in [0.1, 0.15) is 12.5 Å². The quantitative estimate of drug-likeness (QED) is 0.671. The van der Waals surface area contributed by atoms with Gasteiger partial charge in [-0.25, -0.2) is 5.43 Å². The molecule has 1 aliphatic rings. The van der Waals surface area contributed by atoms with Gasteiger partial charge in [0, 0.05) is 5.56 Å². The summed E-state index contributed by atoms with van der Waals surface area (Å²) in [5.74, 6) is 0.842. The predicted molar refractivity (Wildman–Crippen MR) is 84.8 cm³/mol. The maximum Gasteiger partial charge on any atom is 0.284 e. The van der Waals surface area contributed by atoms with E-state index in [1.165, 1.54) is 0 Å². The van der Waals surface area contributed by atoms with E-state index < -0.39 is 12.0 Å². The zero-order chi connectivity index (χ0) is 16.2. The van der Waals surface area contributed by atoms with E-state index in [1.807, 2.05) is 12.1 Å². The van der Waals surface area contributed by atoms with E-state index >= 15 is 0 Å². The molecule has 3 rings (SSSR count). The Morgan fingerprint density at radius 1 is 1.17 bits per heavy atom. The Morgan fingerprint density at radius 3 is 2.65 bits per heavy atom. The van der Waals surface area contributed by atoms with Crippen molar-refractivity contribution in [2.45, 2.75) is 13.0 Å². The summed E-state index contributed by atoms with van der Waals surface area (Å²) in [5, 5.41) is 13.8. The molecule has 0 aromatic heterocycles. The molecule has 1 amide bonds. The molecule has 0 saturated heterocycles. The number of aromatic hydroxyl groups is 1. The molecule has 118 valence electrons. The van der Waals surface area contributed by atoms with Crippen molar-refractivity contribution in [3.8, 4) is 17.2 Å². The van der Waals surface area contributed by atoms with Crippen molar-refractivity contribution in [3.63, 3.8) is 0 Å². The number of hydrogen-bond acceptors (Lipinski definition) is 5. The first-order valence-corrected chi connectivity index (χ1v) is 7.16. The van der Waals surface area contributed by atoms with Gasteiger partial charge in [0.05, 0.1) is 5.71 Å². The molecule has 23 heavy (non-hydrogen) atoms. The molecule has 1 unspecified atom stereocenters. The molecule has 1 heterocycles. The van der Waals surface area contributed by atoms with Crippen LogP contribution in [0.3, 0.4) is 0 Å². The van der Waals surface area contributed by atoms with Crippen molar-refractivity contribution < 1.29 is 19.4 Å². The maximum absolute atomic E-state index is 12.1. The minimum Gasteiger partial charge on any atom is -0.507 e. The van der Waals surface area contributed by atoms with E-state index in [4.69, 9.17) is 9.47 Å². The van der Waals surface area contributed by atoms with Gasteiger partial charge in [0.2, 0.25) is 6.10 Å². The molecule has 1 aliphatic heterocycles. The van der Waals surface area contributed by atoms with E-state index in [2.05, 4.69) is 10.5 Å². The molecule has 2 aromatic carbocycles. The number of para-hydroxylation sites is 3. The summed E-state index contributed by atoms with van der Waals surface area (Å²) in [5.41, 5.74) is 3.49. The zero-order valence-electron chi connectivity index (χ0n) is 12.5. The third kappa shape index (κ3) is 3.26. The van der Waals surface area contributed by atoms with Crippen molar-refractivity contribution in [3.05, 3.63) is 54.1 Å². The lowest BCUT2D eigenvalue weighted by Gasteiger charge is -2.24. The topological polar surface area (TPSA) is 80.2 Å². The summed E-state index contributed by atoms with van der Waals surface area (Å²) in [6.45, 7) is 1.82. The Labute approximate surface area is 133 Å². The molecular formula is C17H16N2O4. The van der Waals surface area contributed by atoms with Gasteiger partial charge in [-0.2, -0.15) is 5.10 Å². The number of phenols is 1. The highest BCUT2D eigenvalue weighted by Gasteiger charge is 2.27. The van der Waals surface area contributed by atoms with Crippen LogP contribution in [-0.4, -0.2) is 29.4 Å². The lowest BCUT2D eigenvalue weighted by atomic mass is 10.1. The van der Waals surface area contributed by atoms with Crippen LogP contribution in [0.2, 0.25) is 0 Å². The first kappa shape index (κ1) is 14.9. The average molecular weight is 312 g/mol. The van der Waals surface area contributed by atoms with Gasteiger partial charge in [-0.05, 0) is 31.2 Å². The smallest absolute Gasteiger partial charge is 0.284 e. The number of fused-ring (bicyclic) bond motifs is 1.